The Hall–Kier alpha value is 0.940. The fourth-order valence-electron chi connectivity index (χ4n) is 1.05. The summed E-state index contributed by atoms with van der Waals surface area (Å²) in [5, 5.41) is 11.0. The van der Waals surface area contributed by atoms with Crippen LogP contribution in [0.25, 0.3) is 0 Å². The Kier molecular flexibility index (Phi) is 7.83. The second-order valence-electron chi connectivity index (χ2n) is 2.90. The molecule has 0 saturated heterocycles. The van der Waals surface area contributed by atoms with Crippen molar-refractivity contribution >= 4 is 69.6 Å². The third kappa shape index (κ3) is 4.67. The summed E-state index contributed by atoms with van der Waals surface area (Å²) < 4.78 is 0. The van der Waals surface area contributed by atoms with Crippen LogP contribution in [0.4, 0.5) is 0 Å². The molecule has 1 aliphatic carbocycles. The molecule has 1 fully saturated rings. The molecule has 96 valence electrons. The zero-order valence-electron chi connectivity index (χ0n) is 7.44. The average Bonchev–Trinajstić information content (AvgIpc) is 2.20. The fraction of sp³-hybridized carbons (Fsp3) is 1.00. The highest BCUT2D eigenvalue weighted by atomic mass is 35.5. The van der Waals surface area contributed by atoms with E-state index in [1.54, 1.807) is 0 Å². The van der Waals surface area contributed by atoms with Crippen LogP contribution in [0.2, 0.25) is 0 Å². The first-order chi connectivity index (χ1) is 7.20. The van der Waals surface area contributed by atoms with E-state index in [0.717, 1.165) is 0 Å². The van der Waals surface area contributed by atoms with Crippen LogP contribution in [0, 0.1) is 10.1 Å². The molecule has 0 amide bonds. The van der Waals surface area contributed by atoms with Crippen LogP contribution in [0.3, 0.4) is 0 Å². The average molecular weight is 354 g/mol. The van der Waals surface area contributed by atoms with Crippen molar-refractivity contribution in [2.75, 3.05) is 0 Å². The van der Waals surface area contributed by atoms with E-state index in [0.29, 0.717) is 0 Å². The SMILES string of the molecule is ClC1C(Cl)C(Cl)C(Cl)C(Cl)C1Cl.O=[N+]([O-])O. The minimum Gasteiger partial charge on any atom is -0.328 e. The highest BCUT2D eigenvalue weighted by molar-refractivity contribution is 6.45. The lowest BCUT2D eigenvalue weighted by molar-refractivity contribution is -0.742. The van der Waals surface area contributed by atoms with Crippen LogP contribution in [0.5, 0.6) is 0 Å². The lowest BCUT2D eigenvalue weighted by Gasteiger charge is -2.37. The smallest absolute Gasteiger partial charge is 0.291 e. The molecule has 10 heteroatoms. The van der Waals surface area contributed by atoms with Crippen LogP contribution in [-0.4, -0.2) is 42.6 Å². The van der Waals surface area contributed by atoms with E-state index >= 15 is 0 Å². The van der Waals surface area contributed by atoms with Crippen molar-refractivity contribution in [1.82, 2.24) is 0 Å². The van der Waals surface area contributed by atoms with E-state index < -0.39 is 37.3 Å². The summed E-state index contributed by atoms with van der Waals surface area (Å²) in [6, 6.07) is 0. The Bertz CT molecular complexity index is 182. The van der Waals surface area contributed by atoms with E-state index in [1.807, 2.05) is 0 Å². The lowest BCUT2D eigenvalue weighted by Crippen LogP contribution is -2.52. The van der Waals surface area contributed by atoms with Crippen molar-refractivity contribution in [3.8, 4) is 0 Å². The maximum Gasteiger partial charge on any atom is 0.291 e. The molecule has 0 aromatic heterocycles. The first-order valence-corrected chi connectivity index (χ1v) is 6.49. The molecule has 16 heavy (non-hydrogen) atoms. The summed E-state index contributed by atoms with van der Waals surface area (Å²) in [5.74, 6) is 0. The summed E-state index contributed by atoms with van der Waals surface area (Å²) in [5.41, 5.74) is 0. The topological polar surface area (TPSA) is 63.4 Å². The Labute approximate surface area is 122 Å². The molecule has 1 rings (SSSR count). The number of alkyl halides is 6. The van der Waals surface area contributed by atoms with Gasteiger partial charge in [0.25, 0.3) is 5.09 Å². The molecule has 4 nitrogen and oxygen atoms in total. The summed E-state index contributed by atoms with van der Waals surface area (Å²) in [6.45, 7) is 0. The minimum absolute atomic E-state index is 0.437. The number of halogens is 6. The van der Waals surface area contributed by atoms with Gasteiger partial charge in [-0.1, -0.05) is 0 Å². The zero-order chi connectivity index (χ0) is 13.0. The highest BCUT2D eigenvalue weighted by Gasteiger charge is 2.46. The normalized spacial score (nSPS) is 43.1. The van der Waals surface area contributed by atoms with Crippen LogP contribution in [0.15, 0.2) is 0 Å². The van der Waals surface area contributed by atoms with Gasteiger partial charge >= 0.3 is 0 Å². The van der Waals surface area contributed by atoms with Gasteiger partial charge in [0.1, 0.15) is 0 Å². The van der Waals surface area contributed by atoms with Crippen molar-refractivity contribution in [1.29, 1.82) is 0 Å². The Morgan fingerprint density at radius 1 is 0.750 bits per heavy atom. The molecule has 0 unspecified atom stereocenters. The van der Waals surface area contributed by atoms with Gasteiger partial charge < -0.3 is 5.21 Å². The first kappa shape index (κ1) is 16.9. The maximum atomic E-state index is 8.36. The summed E-state index contributed by atoms with van der Waals surface area (Å²) in [6.07, 6.45) is 0. The van der Waals surface area contributed by atoms with Gasteiger partial charge in [0.05, 0.1) is 32.3 Å². The molecule has 0 aromatic rings. The Morgan fingerprint density at radius 2 is 0.812 bits per heavy atom. The quantitative estimate of drug-likeness (QED) is 0.413. The molecule has 1 saturated carbocycles. The van der Waals surface area contributed by atoms with E-state index in [9.17, 15) is 0 Å². The highest BCUT2D eigenvalue weighted by Crippen LogP contribution is 2.39. The molecule has 1 aliphatic rings. The second kappa shape index (κ2) is 7.39. The van der Waals surface area contributed by atoms with Gasteiger partial charge in [-0.25, -0.2) is 0 Å². The standard InChI is InChI=1S/C6H6Cl6.HNO3/c7-1-2(8)4(10)6(12)5(11)3(1)9;2-1(3)4/h1-6H;(H,2,3,4). The predicted molar refractivity (Wildman–Crippen MR) is 66.6 cm³/mol. The van der Waals surface area contributed by atoms with Crippen molar-refractivity contribution < 1.29 is 10.3 Å². The van der Waals surface area contributed by atoms with Crippen molar-refractivity contribution in [2.45, 2.75) is 32.3 Å². The molecule has 0 aliphatic heterocycles. The summed E-state index contributed by atoms with van der Waals surface area (Å²) in [4.78, 5) is 8.36. The van der Waals surface area contributed by atoms with Crippen LogP contribution >= 0.6 is 69.6 Å². The van der Waals surface area contributed by atoms with Crippen molar-refractivity contribution in [2.24, 2.45) is 0 Å². The molecule has 0 bridgehead atoms. The van der Waals surface area contributed by atoms with Gasteiger partial charge in [-0.3, -0.25) is 0 Å². The second-order valence-corrected chi connectivity index (χ2v) is 5.93. The van der Waals surface area contributed by atoms with Crippen LogP contribution in [0.1, 0.15) is 0 Å². The maximum absolute atomic E-state index is 8.36. The van der Waals surface area contributed by atoms with E-state index in [2.05, 4.69) is 0 Å². The fourth-order valence-corrected chi connectivity index (χ4v) is 3.38. The van der Waals surface area contributed by atoms with Gasteiger partial charge in [-0.2, -0.15) is 0 Å². The molecule has 0 heterocycles. The third-order valence-corrected chi connectivity index (χ3v) is 5.86. The van der Waals surface area contributed by atoms with Gasteiger partial charge in [0, 0.05) is 0 Å². The van der Waals surface area contributed by atoms with Crippen LogP contribution in [-0.2, 0) is 0 Å². The van der Waals surface area contributed by atoms with Gasteiger partial charge in [0.2, 0.25) is 0 Å². The van der Waals surface area contributed by atoms with Crippen molar-refractivity contribution in [3.05, 3.63) is 10.1 Å². The monoisotopic (exact) mass is 351 g/mol. The number of hydrogen-bond acceptors (Lipinski definition) is 2. The predicted octanol–water partition coefficient (Wildman–Crippen LogP) is 3.30. The molecular formula is C6H7Cl6NO3. The number of rotatable bonds is 0. The molecule has 0 radical (unpaired) electrons. The summed E-state index contributed by atoms with van der Waals surface area (Å²) >= 11 is 35.3. The Morgan fingerprint density at radius 3 is 0.875 bits per heavy atom. The summed E-state index contributed by atoms with van der Waals surface area (Å²) in [7, 11) is 0. The Balaban J connectivity index is 0.000000487. The van der Waals surface area contributed by atoms with Crippen LogP contribution < -0.4 is 0 Å². The van der Waals surface area contributed by atoms with E-state index in [4.69, 9.17) is 84.9 Å². The molecule has 0 atom stereocenters. The lowest BCUT2D eigenvalue weighted by atomic mass is 9.97. The molecule has 0 aromatic carbocycles. The van der Waals surface area contributed by atoms with Gasteiger partial charge in [0.15, 0.2) is 0 Å². The number of hydrogen-bond donors (Lipinski definition) is 1. The van der Waals surface area contributed by atoms with Gasteiger partial charge in [-0.15, -0.1) is 79.7 Å². The van der Waals surface area contributed by atoms with Gasteiger partial charge in [-0.05, 0) is 0 Å². The van der Waals surface area contributed by atoms with Crippen molar-refractivity contribution in [3.63, 3.8) is 0 Å². The first-order valence-electron chi connectivity index (χ1n) is 3.87. The van der Waals surface area contributed by atoms with E-state index in [-0.39, 0.29) is 0 Å². The van der Waals surface area contributed by atoms with E-state index in [1.165, 1.54) is 0 Å². The largest absolute Gasteiger partial charge is 0.328 e. The molecule has 0 spiro atoms. The minimum atomic E-state index is -1.50. The molecular weight excluding hydrogens is 347 g/mol. The molecule has 1 N–H and O–H groups in total. The third-order valence-electron chi connectivity index (χ3n) is 1.83. The zero-order valence-corrected chi connectivity index (χ0v) is 12.0. The number of nitrogens with zero attached hydrogens (tertiary/aromatic N) is 1.